The minimum Gasteiger partial charge on any atom is -0.460 e. The fourth-order valence-corrected chi connectivity index (χ4v) is 1.11. The van der Waals surface area contributed by atoms with Crippen LogP contribution in [0.3, 0.4) is 0 Å². The van der Waals surface area contributed by atoms with Gasteiger partial charge in [-0.1, -0.05) is 44.2 Å². The van der Waals surface area contributed by atoms with Crippen LogP contribution in [0.4, 0.5) is 0 Å². The van der Waals surface area contributed by atoms with Crippen molar-refractivity contribution in [2.45, 2.75) is 46.3 Å². The van der Waals surface area contributed by atoms with Gasteiger partial charge in [0.1, 0.15) is 6.10 Å². The van der Waals surface area contributed by atoms with Crippen molar-refractivity contribution in [1.29, 1.82) is 0 Å². The van der Waals surface area contributed by atoms with E-state index in [1.165, 1.54) is 0 Å². The SMILES string of the molecule is CC.CC(O)C(C)OC(=O)Cc1ccccc1.CO. The third-order valence-corrected chi connectivity index (χ3v) is 2.19. The third-order valence-electron chi connectivity index (χ3n) is 2.19. The zero-order chi connectivity index (χ0) is 15.3. The molecule has 2 N–H and O–H groups in total. The molecular weight excluding hydrogens is 244 g/mol. The summed E-state index contributed by atoms with van der Waals surface area (Å²) >= 11 is 0. The summed E-state index contributed by atoms with van der Waals surface area (Å²) in [6.45, 7) is 7.27. The normalized spacial score (nSPS) is 11.9. The first-order valence-corrected chi connectivity index (χ1v) is 6.46. The molecule has 4 heteroatoms. The highest BCUT2D eigenvalue weighted by Crippen LogP contribution is 2.04. The van der Waals surface area contributed by atoms with Crippen LogP contribution in [0.25, 0.3) is 0 Å². The Morgan fingerprint density at radius 3 is 2.05 bits per heavy atom. The first kappa shape index (κ1) is 19.9. The highest BCUT2D eigenvalue weighted by atomic mass is 16.6. The minimum absolute atomic E-state index is 0.248. The lowest BCUT2D eigenvalue weighted by molar-refractivity contribution is -0.152. The van der Waals surface area contributed by atoms with Crippen molar-refractivity contribution in [2.75, 3.05) is 7.11 Å². The predicted molar refractivity (Wildman–Crippen MR) is 76.9 cm³/mol. The molecular formula is C15H26O4. The van der Waals surface area contributed by atoms with Crippen LogP contribution in [0.1, 0.15) is 33.3 Å². The highest BCUT2D eigenvalue weighted by molar-refractivity contribution is 5.72. The number of carbonyl (C=O) groups excluding carboxylic acids is 1. The van der Waals surface area contributed by atoms with Crippen molar-refractivity contribution < 1.29 is 19.7 Å². The van der Waals surface area contributed by atoms with Crippen LogP contribution in [-0.4, -0.2) is 35.5 Å². The smallest absolute Gasteiger partial charge is 0.310 e. The summed E-state index contributed by atoms with van der Waals surface area (Å²) in [4.78, 5) is 11.4. The lowest BCUT2D eigenvalue weighted by Crippen LogP contribution is -2.26. The van der Waals surface area contributed by atoms with Crippen molar-refractivity contribution in [1.82, 2.24) is 0 Å². The number of carbonyl (C=O) groups is 1. The molecule has 0 heterocycles. The van der Waals surface area contributed by atoms with Gasteiger partial charge in [0.25, 0.3) is 0 Å². The Morgan fingerprint density at radius 1 is 1.16 bits per heavy atom. The summed E-state index contributed by atoms with van der Waals surface area (Å²) in [5.41, 5.74) is 0.917. The van der Waals surface area contributed by atoms with E-state index in [0.29, 0.717) is 0 Å². The number of hydrogen-bond acceptors (Lipinski definition) is 4. The molecule has 0 spiro atoms. The minimum atomic E-state index is -0.635. The molecule has 0 aliphatic rings. The molecule has 2 atom stereocenters. The molecule has 1 aromatic rings. The maximum Gasteiger partial charge on any atom is 0.310 e. The van der Waals surface area contributed by atoms with Gasteiger partial charge in [-0.05, 0) is 19.4 Å². The fourth-order valence-electron chi connectivity index (χ4n) is 1.11. The van der Waals surface area contributed by atoms with Gasteiger partial charge in [0.2, 0.25) is 0 Å². The van der Waals surface area contributed by atoms with Crippen LogP contribution in [0, 0.1) is 0 Å². The molecule has 19 heavy (non-hydrogen) atoms. The summed E-state index contributed by atoms with van der Waals surface area (Å²) in [6, 6.07) is 9.39. The second kappa shape index (κ2) is 13.1. The van der Waals surface area contributed by atoms with E-state index >= 15 is 0 Å². The molecule has 0 aromatic heterocycles. The molecule has 0 aliphatic carbocycles. The Labute approximate surface area is 116 Å². The summed E-state index contributed by atoms with van der Waals surface area (Å²) in [7, 11) is 1.00. The molecule has 0 fully saturated rings. The number of rotatable bonds is 4. The highest BCUT2D eigenvalue weighted by Gasteiger charge is 2.14. The van der Waals surface area contributed by atoms with Crippen LogP contribution < -0.4 is 0 Å². The molecule has 0 saturated carbocycles. The van der Waals surface area contributed by atoms with Crippen LogP contribution in [-0.2, 0) is 16.0 Å². The van der Waals surface area contributed by atoms with E-state index in [0.717, 1.165) is 12.7 Å². The second-order valence-corrected chi connectivity index (χ2v) is 3.60. The van der Waals surface area contributed by atoms with E-state index in [1.54, 1.807) is 13.8 Å². The van der Waals surface area contributed by atoms with Crippen LogP contribution >= 0.6 is 0 Å². The van der Waals surface area contributed by atoms with Gasteiger partial charge in [-0.2, -0.15) is 0 Å². The lowest BCUT2D eigenvalue weighted by atomic mass is 10.1. The number of aliphatic hydroxyl groups excluding tert-OH is 2. The summed E-state index contributed by atoms with van der Waals surface area (Å²) in [6.07, 6.45) is -0.844. The van der Waals surface area contributed by atoms with Crippen LogP contribution in [0.5, 0.6) is 0 Å². The number of esters is 1. The molecule has 2 unspecified atom stereocenters. The maximum atomic E-state index is 11.4. The standard InChI is InChI=1S/C12H16O3.C2H6.CH4O/c1-9(13)10(2)15-12(14)8-11-6-4-3-5-7-11;2*1-2/h3-7,9-10,13H,8H2,1-2H3;1-2H3;2H,1H3. The van der Waals surface area contributed by atoms with Crippen molar-refractivity contribution in [3.05, 3.63) is 35.9 Å². The summed E-state index contributed by atoms with van der Waals surface area (Å²) < 4.78 is 5.03. The third kappa shape index (κ3) is 10.2. The van der Waals surface area contributed by atoms with Crippen molar-refractivity contribution in [3.63, 3.8) is 0 Å². The molecule has 4 nitrogen and oxygen atoms in total. The van der Waals surface area contributed by atoms with E-state index in [4.69, 9.17) is 14.9 Å². The number of aliphatic hydroxyl groups is 2. The molecule has 1 aromatic carbocycles. The van der Waals surface area contributed by atoms with E-state index in [1.807, 2.05) is 44.2 Å². The fraction of sp³-hybridized carbons (Fsp3) is 0.533. The van der Waals surface area contributed by atoms with Gasteiger partial charge >= 0.3 is 5.97 Å². The topological polar surface area (TPSA) is 66.8 Å². The Morgan fingerprint density at radius 2 is 1.63 bits per heavy atom. The van der Waals surface area contributed by atoms with Crippen molar-refractivity contribution >= 4 is 5.97 Å². The van der Waals surface area contributed by atoms with Crippen LogP contribution in [0.2, 0.25) is 0 Å². The molecule has 0 saturated heterocycles. The van der Waals surface area contributed by atoms with Crippen molar-refractivity contribution in [3.8, 4) is 0 Å². The van der Waals surface area contributed by atoms with Gasteiger partial charge in [0, 0.05) is 7.11 Å². The lowest BCUT2D eigenvalue weighted by Gasteiger charge is -2.15. The van der Waals surface area contributed by atoms with Gasteiger partial charge in [-0.25, -0.2) is 0 Å². The quantitative estimate of drug-likeness (QED) is 0.823. The predicted octanol–water partition coefficient (Wildman–Crippen LogP) is 2.18. The van der Waals surface area contributed by atoms with Crippen molar-refractivity contribution in [2.24, 2.45) is 0 Å². The van der Waals surface area contributed by atoms with Gasteiger partial charge in [-0.15, -0.1) is 0 Å². The molecule has 0 amide bonds. The van der Waals surface area contributed by atoms with E-state index in [2.05, 4.69) is 0 Å². The molecule has 110 valence electrons. The number of ether oxygens (including phenoxy) is 1. The van der Waals surface area contributed by atoms with Gasteiger partial charge in [-0.3, -0.25) is 4.79 Å². The molecule has 0 radical (unpaired) electrons. The Bertz CT molecular complexity index is 309. The Kier molecular flexibility index (Phi) is 13.7. The van der Waals surface area contributed by atoms with E-state index in [-0.39, 0.29) is 12.4 Å². The van der Waals surface area contributed by atoms with Gasteiger partial charge in [0.15, 0.2) is 0 Å². The maximum absolute atomic E-state index is 11.4. The monoisotopic (exact) mass is 270 g/mol. The van der Waals surface area contributed by atoms with E-state index in [9.17, 15) is 4.79 Å². The Hall–Kier alpha value is -1.39. The first-order chi connectivity index (χ1) is 9.09. The second-order valence-electron chi connectivity index (χ2n) is 3.60. The molecule has 1 rings (SSSR count). The average Bonchev–Trinajstić information content (AvgIpc) is 2.44. The zero-order valence-corrected chi connectivity index (χ0v) is 12.5. The summed E-state index contributed by atoms with van der Waals surface area (Å²) in [5.74, 6) is -0.311. The zero-order valence-electron chi connectivity index (χ0n) is 12.5. The summed E-state index contributed by atoms with van der Waals surface area (Å²) in [5, 5.41) is 16.2. The molecule has 0 aliphatic heterocycles. The number of benzene rings is 1. The Balaban J connectivity index is 0. The molecule has 0 bridgehead atoms. The number of hydrogen-bond donors (Lipinski definition) is 2. The van der Waals surface area contributed by atoms with Gasteiger partial charge < -0.3 is 14.9 Å². The largest absolute Gasteiger partial charge is 0.460 e. The van der Waals surface area contributed by atoms with Crippen LogP contribution in [0.15, 0.2) is 30.3 Å². The van der Waals surface area contributed by atoms with E-state index < -0.39 is 12.2 Å². The van der Waals surface area contributed by atoms with Gasteiger partial charge in [0.05, 0.1) is 12.5 Å². The first-order valence-electron chi connectivity index (χ1n) is 6.46. The average molecular weight is 270 g/mol.